The summed E-state index contributed by atoms with van der Waals surface area (Å²) in [5.41, 5.74) is 3.16. The van der Waals surface area contributed by atoms with Gasteiger partial charge in [0.15, 0.2) is 11.5 Å². The number of anilines is 1. The van der Waals surface area contributed by atoms with Crippen molar-refractivity contribution in [2.24, 2.45) is 0 Å². The van der Waals surface area contributed by atoms with Crippen molar-refractivity contribution >= 4 is 17.7 Å². The fraction of sp³-hybridized carbons (Fsp3) is 0.115. The molecule has 1 N–H and O–H groups in total. The van der Waals surface area contributed by atoms with E-state index in [2.05, 4.69) is 17.2 Å². The maximum atomic E-state index is 12.4. The Hall–Kier alpha value is -4.17. The Kier molecular flexibility index (Phi) is 7.34. The van der Waals surface area contributed by atoms with Gasteiger partial charge in [-0.3, -0.25) is 4.79 Å². The Balaban J connectivity index is 1.71. The van der Waals surface area contributed by atoms with Crippen molar-refractivity contribution < 1.29 is 19.0 Å². The van der Waals surface area contributed by atoms with Crippen molar-refractivity contribution in [2.45, 2.75) is 0 Å². The lowest BCUT2D eigenvalue weighted by Gasteiger charge is -2.12. The maximum absolute atomic E-state index is 12.4. The summed E-state index contributed by atoms with van der Waals surface area (Å²) < 4.78 is 16.0. The minimum atomic E-state index is -0.262. The third-order valence-corrected chi connectivity index (χ3v) is 4.37. The monoisotopic (exact) mass is 413 g/mol. The molecule has 0 bridgehead atoms. The fourth-order valence-electron chi connectivity index (χ4n) is 2.89. The Morgan fingerprint density at radius 3 is 2.10 bits per heavy atom. The molecule has 1 amide bonds. The number of hydrogen-bond acceptors (Lipinski definition) is 4. The number of rotatable bonds is 6. The highest BCUT2D eigenvalue weighted by molar-refractivity contribution is 6.02. The van der Waals surface area contributed by atoms with Crippen molar-refractivity contribution in [3.8, 4) is 29.1 Å². The average Bonchev–Trinajstić information content (AvgIpc) is 2.81. The Morgan fingerprint density at radius 2 is 1.45 bits per heavy atom. The van der Waals surface area contributed by atoms with Crippen molar-refractivity contribution in [1.29, 1.82) is 0 Å². The zero-order valence-electron chi connectivity index (χ0n) is 17.6. The van der Waals surface area contributed by atoms with E-state index in [0.29, 0.717) is 22.9 Å². The summed E-state index contributed by atoms with van der Waals surface area (Å²) >= 11 is 0. The van der Waals surface area contributed by atoms with Gasteiger partial charge in [-0.2, -0.15) is 0 Å². The van der Waals surface area contributed by atoms with Gasteiger partial charge >= 0.3 is 0 Å². The van der Waals surface area contributed by atoms with E-state index in [1.807, 2.05) is 54.6 Å². The van der Waals surface area contributed by atoms with E-state index in [1.54, 1.807) is 39.5 Å². The van der Waals surface area contributed by atoms with Crippen LogP contribution in [0.2, 0.25) is 0 Å². The second-order valence-electron chi connectivity index (χ2n) is 6.48. The molecule has 5 nitrogen and oxygen atoms in total. The number of ether oxygens (including phenoxy) is 3. The van der Waals surface area contributed by atoms with E-state index in [4.69, 9.17) is 14.2 Å². The normalized spacial score (nSPS) is 10.2. The van der Waals surface area contributed by atoms with Gasteiger partial charge in [0.1, 0.15) is 0 Å². The van der Waals surface area contributed by atoms with Gasteiger partial charge < -0.3 is 19.5 Å². The summed E-state index contributed by atoms with van der Waals surface area (Å²) in [6.45, 7) is 0. The van der Waals surface area contributed by atoms with E-state index >= 15 is 0 Å². The highest BCUT2D eigenvalue weighted by Crippen LogP contribution is 2.38. The summed E-state index contributed by atoms with van der Waals surface area (Å²) in [6, 6.07) is 20.7. The van der Waals surface area contributed by atoms with Crippen LogP contribution >= 0.6 is 0 Å². The van der Waals surface area contributed by atoms with Crippen LogP contribution in [0.4, 0.5) is 5.69 Å². The molecule has 0 heterocycles. The molecule has 3 rings (SSSR count). The van der Waals surface area contributed by atoms with Crippen molar-refractivity contribution in [1.82, 2.24) is 0 Å². The summed E-state index contributed by atoms with van der Waals surface area (Å²) in [5.74, 6) is 7.50. The number of nitrogens with one attached hydrogen (secondary N) is 1. The van der Waals surface area contributed by atoms with Crippen molar-refractivity contribution in [3.63, 3.8) is 0 Å². The van der Waals surface area contributed by atoms with Crippen molar-refractivity contribution in [2.75, 3.05) is 26.6 Å². The first-order valence-corrected chi connectivity index (χ1v) is 9.59. The number of carbonyl (C=O) groups excluding carboxylic acids is 1. The Labute approximate surface area is 182 Å². The second kappa shape index (κ2) is 10.6. The number of benzene rings is 3. The predicted molar refractivity (Wildman–Crippen MR) is 123 cm³/mol. The highest BCUT2D eigenvalue weighted by atomic mass is 16.5. The summed E-state index contributed by atoms with van der Waals surface area (Å²) in [6.07, 6.45) is 3.13. The van der Waals surface area contributed by atoms with E-state index in [-0.39, 0.29) is 5.91 Å². The van der Waals surface area contributed by atoms with Gasteiger partial charge in [-0.05, 0) is 54.1 Å². The molecule has 0 radical (unpaired) electrons. The first kappa shape index (κ1) is 21.5. The number of methoxy groups -OCH3 is 3. The van der Waals surface area contributed by atoms with Crippen LogP contribution in [0, 0.1) is 11.8 Å². The number of amides is 1. The molecule has 0 fully saturated rings. The largest absolute Gasteiger partial charge is 0.493 e. The van der Waals surface area contributed by atoms with Gasteiger partial charge in [0.2, 0.25) is 11.7 Å². The first-order chi connectivity index (χ1) is 15.1. The minimum Gasteiger partial charge on any atom is -0.493 e. The van der Waals surface area contributed by atoms with Crippen LogP contribution in [0.5, 0.6) is 17.2 Å². The molecule has 0 aliphatic carbocycles. The number of hydrogen-bond donors (Lipinski definition) is 1. The van der Waals surface area contributed by atoms with Gasteiger partial charge in [0, 0.05) is 22.9 Å². The lowest BCUT2D eigenvalue weighted by atomic mass is 10.1. The molecule has 0 saturated carbocycles. The standard InChI is InChI=1S/C26H23NO4/c1-29-23-17-21(18-24(30-2)26(23)31-3)14-15-25(28)27-22-11-7-10-20(16-22)13-12-19-8-5-4-6-9-19/h4-11,14-18H,1-3H3,(H,27,28)/b15-14+. The lowest BCUT2D eigenvalue weighted by Crippen LogP contribution is -2.07. The summed E-state index contributed by atoms with van der Waals surface area (Å²) in [5, 5.41) is 2.85. The first-order valence-electron chi connectivity index (χ1n) is 9.59. The maximum Gasteiger partial charge on any atom is 0.248 e. The van der Waals surface area contributed by atoms with E-state index < -0.39 is 0 Å². The van der Waals surface area contributed by atoms with Crippen molar-refractivity contribution in [3.05, 3.63) is 89.5 Å². The fourth-order valence-corrected chi connectivity index (χ4v) is 2.89. The van der Waals surface area contributed by atoms with Crippen LogP contribution in [0.1, 0.15) is 16.7 Å². The molecule has 0 aromatic heterocycles. The molecule has 0 saturated heterocycles. The molecule has 0 unspecified atom stereocenters. The molecule has 5 heteroatoms. The van der Waals surface area contributed by atoms with E-state index in [0.717, 1.165) is 16.7 Å². The van der Waals surface area contributed by atoms with Crippen LogP contribution in [-0.2, 0) is 4.79 Å². The zero-order valence-corrected chi connectivity index (χ0v) is 17.6. The van der Waals surface area contributed by atoms with Crippen LogP contribution in [0.25, 0.3) is 6.08 Å². The summed E-state index contributed by atoms with van der Waals surface area (Å²) in [4.78, 5) is 12.4. The van der Waals surface area contributed by atoms with Gasteiger partial charge in [0.25, 0.3) is 0 Å². The summed E-state index contributed by atoms with van der Waals surface area (Å²) in [7, 11) is 4.64. The van der Waals surface area contributed by atoms with Gasteiger partial charge in [0.05, 0.1) is 21.3 Å². The smallest absolute Gasteiger partial charge is 0.248 e. The van der Waals surface area contributed by atoms with Crippen LogP contribution in [-0.4, -0.2) is 27.2 Å². The van der Waals surface area contributed by atoms with E-state index in [1.165, 1.54) is 6.08 Å². The topological polar surface area (TPSA) is 56.8 Å². The molecular weight excluding hydrogens is 390 g/mol. The molecule has 3 aromatic carbocycles. The molecule has 0 atom stereocenters. The molecular formula is C26H23NO4. The number of carbonyl (C=O) groups is 1. The predicted octanol–water partition coefficient (Wildman–Crippen LogP) is 4.76. The lowest BCUT2D eigenvalue weighted by molar-refractivity contribution is -0.111. The minimum absolute atomic E-state index is 0.262. The SMILES string of the molecule is COc1cc(/C=C/C(=O)Nc2cccc(C#Cc3ccccc3)c2)cc(OC)c1OC. The van der Waals surface area contributed by atoms with Gasteiger partial charge in [-0.15, -0.1) is 0 Å². The van der Waals surface area contributed by atoms with Crippen LogP contribution < -0.4 is 19.5 Å². The Bertz CT molecular complexity index is 1120. The molecule has 31 heavy (non-hydrogen) atoms. The third-order valence-electron chi connectivity index (χ3n) is 4.37. The quantitative estimate of drug-likeness (QED) is 0.467. The zero-order chi connectivity index (χ0) is 22.1. The molecule has 0 aliphatic rings. The molecule has 0 spiro atoms. The van der Waals surface area contributed by atoms with Gasteiger partial charge in [-0.1, -0.05) is 36.1 Å². The van der Waals surface area contributed by atoms with Crippen LogP contribution in [0.3, 0.4) is 0 Å². The van der Waals surface area contributed by atoms with E-state index in [9.17, 15) is 4.79 Å². The molecule has 3 aromatic rings. The second-order valence-corrected chi connectivity index (χ2v) is 6.48. The van der Waals surface area contributed by atoms with Gasteiger partial charge in [-0.25, -0.2) is 0 Å². The highest BCUT2D eigenvalue weighted by Gasteiger charge is 2.12. The molecule has 0 aliphatic heterocycles. The molecule has 156 valence electrons. The third kappa shape index (κ3) is 5.91. The van der Waals surface area contributed by atoms with Crippen LogP contribution in [0.15, 0.2) is 72.8 Å². The Morgan fingerprint density at radius 1 is 0.806 bits per heavy atom. The average molecular weight is 413 g/mol.